The van der Waals surface area contributed by atoms with Crippen molar-refractivity contribution < 1.29 is 9.53 Å². The van der Waals surface area contributed by atoms with E-state index < -0.39 is 0 Å². The van der Waals surface area contributed by atoms with Crippen molar-refractivity contribution in [3.05, 3.63) is 52.2 Å². The molecule has 0 saturated heterocycles. The number of nitrogens with one attached hydrogen (secondary N) is 1. The van der Waals surface area contributed by atoms with Gasteiger partial charge in [0.1, 0.15) is 5.75 Å². The SMILES string of the molecule is CCOc1ccccc1[C@@H](C)C(=O)NCc1cccs1. The summed E-state index contributed by atoms with van der Waals surface area (Å²) >= 11 is 1.64. The quantitative estimate of drug-likeness (QED) is 0.883. The second-order valence-corrected chi connectivity index (χ2v) is 5.52. The van der Waals surface area contributed by atoms with Crippen LogP contribution in [0.3, 0.4) is 0 Å². The lowest BCUT2D eigenvalue weighted by atomic mass is 9.99. The Bertz CT molecular complexity index is 551. The molecular formula is C16H19NO2S. The van der Waals surface area contributed by atoms with Crippen molar-refractivity contribution in [1.29, 1.82) is 0 Å². The summed E-state index contributed by atoms with van der Waals surface area (Å²) in [4.78, 5) is 13.4. The highest BCUT2D eigenvalue weighted by Crippen LogP contribution is 2.26. The van der Waals surface area contributed by atoms with Crippen LogP contribution in [0.5, 0.6) is 5.75 Å². The summed E-state index contributed by atoms with van der Waals surface area (Å²) in [6.07, 6.45) is 0. The largest absolute Gasteiger partial charge is 0.494 e. The summed E-state index contributed by atoms with van der Waals surface area (Å²) in [6, 6.07) is 11.7. The fourth-order valence-corrected chi connectivity index (χ4v) is 2.65. The molecule has 3 nitrogen and oxygen atoms in total. The zero-order valence-corrected chi connectivity index (χ0v) is 12.6. The van der Waals surface area contributed by atoms with E-state index in [1.807, 2.05) is 55.6 Å². The van der Waals surface area contributed by atoms with E-state index in [2.05, 4.69) is 5.32 Å². The van der Waals surface area contributed by atoms with Gasteiger partial charge in [0.2, 0.25) is 5.91 Å². The van der Waals surface area contributed by atoms with Gasteiger partial charge in [-0.2, -0.15) is 0 Å². The Hall–Kier alpha value is -1.81. The van der Waals surface area contributed by atoms with Crippen molar-refractivity contribution in [2.24, 2.45) is 0 Å². The van der Waals surface area contributed by atoms with Crippen LogP contribution < -0.4 is 10.1 Å². The molecule has 20 heavy (non-hydrogen) atoms. The van der Waals surface area contributed by atoms with Crippen LogP contribution in [0.25, 0.3) is 0 Å². The predicted molar refractivity (Wildman–Crippen MR) is 82.2 cm³/mol. The summed E-state index contributed by atoms with van der Waals surface area (Å²) in [5.74, 6) is 0.581. The highest BCUT2D eigenvalue weighted by molar-refractivity contribution is 7.09. The molecule has 0 saturated carbocycles. The van der Waals surface area contributed by atoms with Gasteiger partial charge in [0.05, 0.1) is 19.1 Å². The molecule has 4 heteroatoms. The molecule has 0 radical (unpaired) electrons. The zero-order chi connectivity index (χ0) is 14.4. The third-order valence-corrected chi connectivity index (χ3v) is 3.97. The fraction of sp³-hybridized carbons (Fsp3) is 0.312. The van der Waals surface area contributed by atoms with Gasteiger partial charge < -0.3 is 10.1 Å². The number of hydrogen-bond donors (Lipinski definition) is 1. The molecule has 1 heterocycles. The Morgan fingerprint density at radius 2 is 2.10 bits per heavy atom. The number of hydrogen-bond acceptors (Lipinski definition) is 3. The van der Waals surface area contributed by atoms with Crippen LogP contribution in [-0.2, 0) is 11.3 Å². The van der Waals surface area contributed by atoms with E-state index in [-0.39, 0.29) is 11.8 Å². The van der Waals surface area contributed by atoms with Crippen LogP contribution in [0, 0.1) is 0 Å². The highest BCUT2D eigenvalue weighted by Gasteiger charge is 2.18. The van der Waals surface area contributed by atoms with Crippen LogP contribution in [0.15, 0.2) is 41.8 Å². The van der Waals surface area contributed by atoms with Gasteiger partial charge in [-0.15, -0.1) is 11.3 Å². The Kier molecular flexibility index (Phi) is 5.18. The summed E-state index contributed by atoms with van der Waals surface area (Å²) in [5, 5.41) is 4.98. The summed E-state index contributed by atoms with van der Waals surface area (Å²) in [7, 11) is 0. The first-order valence-corrected chi connectivity index (χ1v) is 7.62. The van der Waals surface area contributed by atoms with Gasteiger partial charge >= 0.3 is 0 Å². The van der Waals surface area contributed by atoms with Crippen molar-refractivity contribution in [2.75, 3.05) is 6.61 Å². The fourth-order valence-electron chi connectivity index (χ4n) is 2.01. The monoisotopic (exact) mass is 289 g/mol. The molecule has 1 aromatic carbocycles. The number of rotatable bonds is 6. The van der Waals surface area contributed by atoms with Crippen molar-refractivity contribution in [1.82, 2.24) is 5.32 Å². The van der Waals surface area contributed by atoms with Gasteiger partial charge in [0.15, 0.2) is 0 Å². The molecule has 0 unspecified atom stereocenters. The van der Waals surface area contributed by atoms with E-state index in [1.165, 1.54) is 0 Å². The number of thiophene rings is 1. The maximum absolute atomic E-state index is 12.2. The minimum atomic E-state index is -0.224. The number of amides is 1. The average Bonchev–Trinajstić information content (AvgIpc) is 2.98. The second kappa shape index (κ2) is 7.10. The molecule has 1 aromatic heterocycles. The summed E-state index contributed by atoms with van der Waals surface area (Å²) in [6.45, 7) is 5.03. The minimum absolute atomic E-state index is 0.0190. The van der Waals surface area contributed by atoms with E-state index in [9.17, 15) is 4.79 Å². The summed E-state index contributed by atoms with van der Waals surface area (Å²) < 4.78 is 5.58. The topological polar surface area (TPSA) is 38.3 Å². The first-order valence-electron chi connectivity index (χ1n) is 6.74. The highest BCUT2D eigenvalue weighted by atomic mass is 32.1. The molecule has 0 aliphatic heterocycles. The molecule has 0 aliphatic carbocycles. The first kappa shape index (κ1) is 14.6. The summed E-state index contributed by atoms with van der Waals surface area (Å²) in [5.41, 5.74) is 0.929. The lowest BCUT2D eigenvalue weighted by Gasteiger charge is -2.16. The molecule has 0 aliphatic rings. The molecule has 0 spiro atoms. The number of para-hydroxylation sites is 1. The van der Waals surface area contributed by atoms with Gasteiger partial charge in [-0.3, -0.25) is 4.79 Å². The van der Waals surface area contributed by atoms with E-state index >= 15 is 0 Å². The third-order valence-electron chi connectivity index (χ3n) is 3.10. The van der Waals surface area contributed by atoms with Gasteiger partial charge in [0, 0.05) is 10.4 Å². The number of ether oxygens (including phenoxy) is 1. The van der Waals surface area contributed by atoms with Gasteiger partial charge in [0.25, 0.3) is 0 Å². The number of carbonyl (C=O) groups is 1. The number of carbonyl (C=O) groups excluding carboxylic acids is 1. The third kappa shape index (κ3) is 3.61. The maximum atomic E-state index is 12.2. The Morgan fingerprint density at radius 1 is 1.30 bits per heavy atom. The number of benzene rings is 1. The van der Waals surface area contributed by atoms with Crippen LogP contribution in [0.4, 0.5) is 0 Å². The Labute approximate surface area is 123 Å². The van der Waals surface area contributed by atoms with Crippen molar-refractivity contribution in [2.45, 2.75) is 26.3 Å². The maximum Gasteiger partial charge on any atom is 0.227 e. The molecule has 0 bridgehead atoms. The first-order chi connectivity index (χ1) is 9.72. The van der Waals surface area contributed by atoms with Crippen molar-refractivity contribution >= 4 is 17.2 Å². The van der Waals surface area contributed by atoms with E-state index in [0.29, 0.717) is 13.2 Å². The van der Waals surface area contributed by atoms with Crippen LogP contribution in [0.1, 0.15) is 30.2 Å². The van der Waals surface area contributed by atoms with E-state index in [0.717, 1.165) is 16.2 Å². The molecular weight excluding hydrogens is 270 g/mol. The smallest absolute Gasteiger partial charge is 0.227 e. The van der Waals surface area contributed by atoms with E-state index in [4.69, 9.17) is 4.74 Å². The normalized spacial score (nSPS) is 11.9. The van der Waals surface area contributed by atoms with Crippen molar-refractivity contribution in [3.63, 3.8) is 0 Å². The molecule has 106 valence electrons. The Morgan fingerprint density at radius 3 is 2.80 bits per heavy atom. The molecule has 2 rings (SSSR count). The van der Waals surface area contributed by atoms with Crippen LogP contribution in [-0.4, -0.2) is 12.5 Å². The molecule has 2 aromatic rings. The predicted octanol–water partition coefficient (Wildman–Crippen LogP) is 3.57. The lowest BCUT2D eigenvalue weighted by molar-refractivity contribution is -0.122. The standard InChI is InChI=1S/C16H19NO2S/c1-3-19-15-9-5-4-8-14(15)12(2)16(18)17-11-13-7-6-10-20-13/h4-10,12H,3,11H2,1-2H3,(H,17,18)/t12-/m1/s1. The van der Waals surface area contributed by atoms with Crippen LogP contribution in [0.2, 0.25) is 0 Å². The van der Waals surface area contributed by atoms with Gasteiger partial charge in [-0.25, -0.2) is 0 Å². The Balaban J connectivity index is 2.02. The average molecular weight is 289 g/mol. The molecule has 1 atom stereocenters. The molecule has 1 amide bonds. The molecule has 1 N–H and O–H groups in total. The van der Waals surface area contributed by atoms with Crippen LogP contribution >= 0.6 is 11.3 Å². The van der Waals surface area contributed by atoms with Crippen molar-refractivity contribution in [3.8, 4) is 5.75 Å². The second-order valence-electron chi connectivity index (χ2n) is 4.49. The lowest BCUT2D eigenvalue weighted by Crippen LogP contribution is -2.27. The molecule has 0 fully saturated rings. The van der Waals surface area contributed by atoms with Gasteiger partial charge in [-0.1, -0.05) is 24.3 Å². The van der Waals surface area contributed by atoms with Gasteiger partial charge in [-0.05, 0) is 31.4 Å². The zero-order valence-electron chi connectivity index (χ0n) is 11.8. The van der Waals surface area contributed by atoms with E-state index in [1.54, 1.807) is 11.3 Å². The minimum Gasteiger partial charge on any atom is -0.494 e.